The van der Waals surface area contributed by atoms with E-state index in [2.05, 4.69) is 0 Å². The van der Waals surface area contributed by atoms with Gasteiger partial charge in [-0.1, -0.05) is 0 Å². The zero-order valence-corrected chi connectivity index (χ0v) is 9.64. The monoisotopic (exact) mass is 230 g/mol. The van der Waals surface area contributed by atoms with Gasteiger partial charge in [0.1, 0.15) is 18.0 Å². The zero-order chi connectivity index (χ0) is 12.1. The molecule has 0 aromatic rings. The summed E-state index contributed by atoms with van der Waals surface area (Å²) in [5, 5.41) is 9.01. The smallest absolute Gasteiger partial charge is 0.306 e. The molecule has 1 fully saturated rings. The first-order valence-electron chi connectivity index (χ1n) is 5.48. The Balaban J connectivity index is 2.35. The Morgan fingerprint density at radius 3 is 2.69 bits per heavy atom. The highest BCUT2D eigenvalue weighted by Gasteiger charge is 2.35. The van der Waals surface area contributed by atoms with E-state index in [1.165, 1.54) is 6.92 Å². The van der Waals surface area contributed by atoms with Gasteiger partial charge in [-0.05, 0) is 13.8 Å². The summed E-state index contributed by atoms with van der Waals surface area (Å²) in [6, 6.07) is 0. The molecule has 1 aliphatic heterocycles. The average molecular weight is 230 g/mol. The maximum absolute atomic E-state index is 11.4. The first-order chi connectivity index (χ1) is 7.52. The third-order valence-corrected chi connectivity index (χ3v) is 2.53. The molecule has 1 rings (SSSR count). The molecule has 0 aromatic heterocycles. The van der Waals surface area contributed by atoms with Gasteiger partial charge in [-0.15, -0.1) is 0 Å². The fourth-order valence-electron chi connectivity index (χ4n) is 1.71. The topological polar surface area (TPSA) is 72.8 Å². The van der Waals surface area contributed by atoms with Crippen LogP contribution in [0.1, 0.15) is 33.1 Å². The molecule has 1 heterocycles. The lowest BCUT2D eigenvalue weighted by atomic mass is 10.1. The third-order valence-electron chi connectivity index (χ3n) is 2.53. The van der Waals surface area contributed by atoms with Gasteiger partial charge in [0.15, 0.2) is 0 Å². The number of Topliss-reactive ketones (excluding diaryl/α,β-unsaturated/α-hetero) is 1. The second kappa shape index (κ2) is 5.96. The second-order valence-corrected chi connectivity index (χ2v) is 4.13. The summed E-state index contributed by atoms with van der Waals surface area (Å²) in [4.78, 5) is 22.0. The number of esters is 1. The van der Waals surface area contributed by atoms with Crippen LogP contribution >= 0.6 is 0 Å². The van der Waals surface area contributed by atoms with Crippen LogP contribution in [0, 0.1) is 0 Å². The molecule has 0 amide bonds. The molecule has 1 saturated heterocycles. The normalized spacial score (nSPS) is 29.1. The van der Waals surface area contributed by atoms with E-state index in [1.807, 2.05) is 6.92 Å². The molecule has 0 bridgehead atoms. The number of ketones is 1. The van der Waals surface area contributed by atoms with Crippen molar-refractivity contribution in [2.45, 2.75) is 51.4 Å². The van der Waals surface area contributed by atoms with Gasteiger partial charge in [-0.3, -0.25) is 4.79 Å². The maximum Gasteiger partial charge on any atom is 0.306 e. The summed E-state index contributed by atoms with van der Waals surface area (Å²) in [7, 11) is 0. The summed E-state index contributed by atoms with van der Waals surface area (Å²) in [5.74, 6) is -0.442. The molecule has 0 aliphatic carbocycles. The molecule has 92 valence electrons. The van der Waals surface area contributed by atoms with Crippen LogP contribution in [0.2, 0.25) is 0 Å². The molecule has 1 unspecified atom stereocenters. The Labute approximate surface area is 94.7 Å². The van der Waals surface area contributed by atoms with Gasteiger partial charge >= 0.3 is 5.97 Å². The van der Waals surface area contributed by atoms with Gasteiger partial charge in [0, 0.05) is 12.8 Å². The van der Waals surface area contributed by atoms with Crippen molar-refractivity contribution in [3.63, 3.8) is 0 Å². The highest BCUT2D eigenvalue weighted by molar-refractivity contribution is 5.81. The van der Waals surface area contributed by atoms with Crippen molar-refractivity contribution in [2.75, 3.05) is 6.61 Å². The van der Waals surface area contributed by atoms with E-state index >= 15 is 0 Å². The van der Waals surface area contributed by atoms with E-state index in [0.717, 1.165) is 0 Å². The van der Waals surface area contributed by atoms with Crippen LogP contribution < -0.4 is 0 Å². The van der Waals surface area contributed by atoms with E-state index < -0.39 is 12.1 Å². The van der Waals surface area contributed by atoms with Crippen molar-refractivity contribution in [1.82, 2.24) is 0 Å². The highest BCUT2D eigenvalue weighted by Crippen LogP contribution is 2.23. The Morgan fingerprint density at radius 1 is 1.44 bits per heavy atom. The Kier molecular flexibility index (Phi) is 4.89. The number of aliphatic hydroxyl groups excluding tert-OH is 1. The fraction of sp³-hybridized carbons (Fsp3) is 0.818. The highest BCUT2D eigenvalue weighted by atomic mass is 16.6. The van der Waals surface area contributed by atoms with Crippen molar-refractivity contribution < 1.29 is 24.2 Å². The van der Waals surface area contributed by atoms with Gasteiger partial charge in [0.25, 0.3) is 0 Å². The SMILES string of the molecule is CC(=O)CCC(=O)OC1C[C@H](C)O[C@@H]1CO. The average Bonchev–Trinajstić information content (AvgIpc) is 2.55. The van der Waals surface area contributed by atoms with Gasteiger partial charge < -0.3 is 19.4 Å². The summed E-state index contributed by atoms with van der Waals surface area (Å²) >= 11 is 0. The van der Waals surface area contributed by atoms with Crippen LogP contribution in [0.15, 0.2) is 0 Å². The molecular weight excluding hydrogens is 212 g/mol. The minimum Gasteiger partial charge on any atom is -0.459 e. The van der Waals surface area contributed by atoms with Gasteiger partial charge in [-0.25, -0.2) is 0 Å². The number of aliphatic hydroxyl groups is 1. The summed E-state index contributed by atoms with van der Waals surface area (Å²) < 4.78 is 10.5. The zero-order valence-electron chi connectivity index (χ0n) is 9.64. The minimum absolute atomic E-state index is 0.0113. The summed E-state index contributed by atoms with van der Waals surface area (Å²) in [5.41, 5.74) is 0. The van der Waals surface area contributed by atoms with Crippen molar-refractivity contribution in [1.29, 1.82) is 0 Å². The largest absolute Gasteiger partial charge is 0.459 e. The van der Waals surface area contributed by atoms with Gasteiger partial charge in [-0.2, -0.15) is 0 Å². The summed E-state index contributed by atoms with van der Waals surface area (Å²) in [6.07, 6.45) is 0.0553. The van der Waals surface area contributed by atoms with Crippen LogP contribution in [0.25, 0.3) is 0 Å². The van der Waals surface area contributed by atoms with Gasteiger partial charge in [0.05, 0.1) is 19.1 Å². The molecule has 16 heavy (non-hydrogen) atoms. The van der Waals surface area contributed by atoms with E-state index in [9.17, 15) is 9.59 Å². The minimum atomic E-state index is -0.434. The summed E-state index contributed by atoms with van der Waals surface area (Å²) in [6.45, 7) is 3.14. The van der Waals surface area contributed by atoms with Crippen LogP contribution in [0.5, 0.6) is 0 Å². The van der Waals surface area contributed by atoms with E-state index in [-0.39, 0.29) is 37.4 Å². The molecule has 3 atom stereocenters. The lowest BCUT2D eigenvalue weighted by Gasteiger charge is -2.16. The molecule has 1 aliphatic rings. The second-order valence-electron chi connectivity index (χ2n) is 4.13. The maximum atomic E-state index is 11.4. The van der Waals surface area contributed by atoms with Gasteiger partial charge in [0.2, 0.25) is 0 Å². The Morgan fingerprint density at radius 2 is 2.12 bits per heavy atom. The predicted molar refractivity (Wildman–Crippen MR) is 55.8 cm³/mol. The molecule has 5 nitrogen and oxygen atoms in total. The quantitative estimate of drug-likeness (QED) is 0.694. The Bertz CT molecular complexity index is 263. The van der Waals surface area contributed by atoms with Crippen LogP contribution in [-0.4, -0.2) is 41.8 Å². The van der Waals surface area contributed by atoms with E-state index in [4.69, 9.17) is 14.6 Å². The lowest BCUT2D eigenvalue weighted by molar-refractivity contribution is -0.153. The molecular formula is C11H18O5. The number of ether oxygens (including phenoxy) is 2. The predicted octanol–water partition coefficient (Wildman–Crippen LogP) is 0.437. The number of rotatable bonds is 5. The molecule has 0 aromatic carbocycles. The molecule has 1 N–H and O–H groups in total. The third kappa shape index (κ3) is 3.90. The molecule has 0 spiro atoms. The van der Waals surface area contributed by atoms with E-state index in [1.54, 1.807) is 0 Å². The van der Waals surface area contributed by atoms with Crippen LogP contribution in [0.3, 0.4) is 0 Å². The van der Waals surface area contributed by atoms with Crippen LogP contribution in [0.4, 0.5) is 0 Å². The standard InChI is InChI=1S/C11H18O5/c1-7(13)3-4-11(14)16-9-5-8(2)15-10(9)6-12/h8-10,12H,3-6H2,1-2H3/t8-,9?,10+/m0/s1. The number of hydrogen-bond acceptors (Lipinski definition) is 5. The van der Waals surface area contributed by atoms with Crippen LogP contribution in [-0.2, 0) is 19.1 Å². The van der Waals surface area contributed by atoms with Crippen molar-refractivity contribution in [3.05, 3.63) is 0 Å². The van der Waals surface area contributed by atoms with Crippen molar-refractivity contribution in [2.24, 2.45) is 0 Å². The lowest BCUT2D eigenvalue weighted by Crippen LogP contribution is -2.30. The molecule has 5 heteroatoms. The van der Waals surface area contributed by atoms with E-state index in [0.29, 0.717) is 6.42 Å². The molecule has 0 saturated carbocycles. The number of carbonyl (C=O) groups excluding carboxylic acids is 2. The number of carbonyl (C=O) groups is 2. The first kappa shape index (κ1) is 13.1. The molecule has 0 radical (unpaired) electrons. The fourth-order valence-corrected chi connectivity index (χ4v) is 1.71. The van der Waals surface area contributed by atoms with Crippen molar-refractivity contribution in [3.8, 4) is 0 Å². The number of hydrogen-bond donors (Lipinski definition) is 1. The Hall–Kier alpha value is -0.940. The first-order valence-corrected chi connectivity index (χ1v) is 5.48. The van der Waals surface area contributed by atoms with Crippen molar-refractivity contribution >= 4 is 11.8 Å².